The number of aliphatic hydroxyl groups excluding tert-OH is 1. The molecule has 0 aliphatic heterocycles. The van der Waals surface area contributed by atoms with Crippen LogP contribution in [0.1, 0.15) is 6.92 Å². The average molecular weight is 331 g/mol. The number of hydrogen-bond acceptors (Lipinski definition) is 5. The summed E-state index contributed by atoms with van der Waals surface area (Å²) in [5.74, 6) is 0.443. The van der Waals surface area contributed by atoms with Crippen LogP contribution in [0.25, 0.3) is 11.2 Å². The minimum absolute atomic E-state index is 0.00642. The number of thioether (sulfide) groups is 1. The molecule has 0 spiro atoms. The Kier molecular flexibility index (Phi) is 4.92. The van der Waals surface area contributed by atoms with Crippen molar-refractivity contribution in [2.24, 2.45) is 7.05 Å². The van der Waals surface area contributed by atoms with E-state index >= 15 is 0 Å². The molecule has 7 nitrogen and oxygen atoms in total. The summed E-state index contributed by atoms with van der Waals surface area (Å²) in [5, 5.41) is 10.1. The molecule has 2 N–H and O–H groups in total. The summed E-state index contributed by atoms with van der Waals surface area (Å²) in [4.78, 5) is 30.3. The monoisotopic (exact) mass is 330 g/mol. The van der Waals surface area contributed by atoms with Crippen molar-refractivity contribution >= 4 is 34.5 Å². The van der Waals surface area contributed by atoms with Crippen LogP contribution in [0, 0.1) is 0 Å². The molecule has 0 aromatic carbocycles. The minimum Gasteiger partial charge on any atom is -0.396 e. The Morgan fingerprint density at radius 1 is 1.52 bits per heavy atom. The Hall–Kier alpha value is -1.51. The number of aryl methyl sites for hydroxylation is 1. The second-order valence-corrected chi connectivity index (χ2v) is 6.02. The Morgan fingerprint density at radius 3 is 2.86 bits per heavy atom. The number of hydrogen-bond donors (Lipinski definition) is 2. The molecule has 2 aromatic heterocycles. The maximum atomic E-state index is 12.1. The molecule has 9 heteroatoms. The van der Waals surface area contributed by atoms with Crippen LogP contribution in [0.15, 0.2) is 25.9 Å². The predicted octanol–water partition coefficient (Wildman–Crippen LogP) is 0.650. The molecule has 21 heavy (non-hydrogen) atoms. The van der Waals surface area contributed by atoms with E-state index in [-0.39, 0.29) is 6.61 Å². The predicted molar refractivity (Wildman–Crippen MR) is 83.0 cm³/mol. The maximum Gasteiger partial charge on any atom is 0.329 e. The first-order chi connectivity index (χ1) is 9.95. The number of aliphatic hydroxyl groups is 1. The quantitative estimate of drug-likeness (QED) is 0.785. The smallest absolute Gasteiger partial charge is 0.329 e. The van der Waals surface area contributed by atoms with Crippen LogP contribution >= 0.6 is 23.4 Å². The van der Waals surface area contributed by atoms with E-state index in [1.807, 2.05) is 0 Å². The van der Waals surface area contributed by atoms with E-state index in [0.29, 0.717) is 33.7 Å². The third kappa shape index (κ3) is 3.22. The van der Waals surface area contributed by atoms with Crippen LogP contribution in [-0.2, 0) is 13.6 Å². The van der Waals surface area contributed by atoms with Gasteiger partial charge in [0.15, 0.2) is 16.3 Å². The van der Waals surface area contributed by atoms with Crippen LogP contribution in [-0.4, -0.2) is 36.6 Å². The lowest BCUT2D eigenvalue weighted by atomic mass is 10.4. The number of nitrogens with zero attached hydrogens (tertiary/aromatic N) is 3. The van der Waals surface area contributed by atoms with Crippen LogP contribution in [0.4, 0.5) is 0 Å². The van der Waals surface area contributed by atoms with Crippen LogP contribution in [0.2, 0.25) is 0 Å². The van der Waals surface area contributed by atoms with Crippen LogP contribution < -0.4 is 11.2 Å². The fraction of sp³-hybridized carbons (Fsp3) is 0.417. The molecule has 0 amide bonds. The van der Waals surface area contributed by atoms with Gasteiger partial charge in [0.25, 0.3) is 5.56 Å². The van der Waals surface area contributed by atoms with E-state index in [9.17, 15) is 9.59 Å². The molecule has 0 unspecified atom stereocenters. The normalized spacial score (nSPS) is 12.3. The molecule has 2 aromatic rings. The van der Waals surface area contributed by atoms with Crippen molar-refractivity contribution in [3.8, 4) is 0 Å². The Labute approximate surface area is 129 Å². The molecule has 2 rings (SSSR count). The van der Waals surface area contributed by atoms with Gasteiger partial charge < -0.3 is 9.67 Å². The highest BCUT2D eigenvalue weighted by Crippen LogP contribution is 2.21. The van der Waals surface area contributed by atoms with Crippen LogP contribution in [0.5, 0.6) is 0 Å². The molecular formula is C12H15ClN4O3S. The summed E-state index contributed by atoms with van der Waals surface area (Å²) in [5.41, 5.74) is -0.381. The van der Waals surface area contributed by atoms with Gasteiger partial charge in [-0.15, -0.1) is 0 Å². The number of aromatic nitrogens is 4. The van der Waals surface area contributed by atoms with Crippen molar-refractivity contribution < 1.29 is 5.11 Å². The van der Waals surface area contributed by atoms with Crippen LogP contribution in [0.3, 0.4) is 0 Å². The third-order valence-electron chi connectivity index (χ3n) is 2.85. The van der Waals surface area contributed by atoms with E-state index in [2.05, 4.69) is 9.97 Å². The molecule has 0 fully saturated rings. The lowest BCUT2D eigenvalue weighted by Gasteiger charge is -2.05. The number of imidazole rings is 1. The lowest BCUT2D eigenvalue weighted by Crippen LogP contribution is -2.29. The van der Waals surface area contributed by atoms with Crippen molar-refractivity contribution in [2.45, 2.75) is 18.6 Å². The van der Waals surface area contributed by atoms with Crippen molar-refractivity contribution in [3.05, 3.63) is 31.9 Å². The fourth-order valence-electron chi connectivity index (χ4n) is 1.85. The highest BCUT2D eigenvalue weighted by molar-refractivity contribution is 7.99. The summed E-state index contributed by atoms with van der Waals surface area (Å²) >= 11 is 7.15. The van der Waals surface area contributed by atoms with Gasteiger partial charge in [-0.3, -0.25) is 14.3 Å². The summed E-state index contributed by atoms with van der Waals surface area (Å²) in [7, 11) is 1.54. The Balaban J connectivity index is 2.70. The number of rotatable bonds is 5. The van der Waals surface area contributed by atoms with Crippen molar-refractivity contribution in [1.29, 1.82) is 0 Å². The Bertz CT molecular complexity index is 801. The molecule has 114 valence electrons. The second-order valence-electron chi connectivity index (χ2n) is 4.36. The fourth-order valence-corrected chi connectivity index (χ4v) is 2.66. The number of halogens is 1. The SMILES string of the molecule is C/C(Cl)=C/Cn1c(SCCO)nc2c1c(=O)[nH]c(=O)n2C. The number of fused-ring (bicyclic) bond motifs is 1. The second kappa shape index (κ2) is 6.50. The van der Waals surface area contributed by atoms with Gasteiger partial charge in [0.1, 0.15) is 0 Å². The van der Waals surface area contributed by atoms with Crippen molar-refractivity contribution in [1.82, 2.24) is 19.1 Å². The van der Waals surface area contributed by atoms with Gasteiger partial charge in [0.2, 0.25) is 0 Å². The molecule has 0 saturated carbocycles. The molecule has 0 bridgehead atoms. The molecule has 0 atom stereocenters. The van der Waals surface area contributed by atoms with E-state index in [4.69, 9.17) is 16.7 Å². The Morgan fingerprint density at radius 2 is 2.24 bits per heavy atom. The summed E-state index contributed by atoms with van der Waals surface area (Å²) < 4.78 is 2.97. The van der Waals surface area contributed by atoms with Gasteiger partial charge in [0, 0.05) is 24.4 Å². The largest absolute Gasteiger partial charge is 0.396 e. The van der Waals surface area contributed by atoms with Gasteiger partial charge in [-0.05, 0) is 6.92 Å². The summed E-state index contributed by atoms with van der Waals surface area (Å²) in [6.45, 7) is 2.09. The van der Waals surface area contributed by atoms with Gasteiger partial charge in [0.05, 0.1) is 6.61 Å². The number of nitrogens with one attached hydrogen (secondary N) is 1. The van der Waals surface area contributed by atoms with E-state index < -0.39 is 11.2 Å². The first-order valence-electron chi connectivity index (χ1n) is 6.21. The highest BCUT2D eigenvalue weighted by Gasteiger charge is 2.16. The van der Waals surface area contributed by atoms with Gasteiger partial charge in [-0.2, -0.15) is 0 Å². The number of aromatic amines is 1. The van der Waals surface area contributed by atoms with Gasteiger partial charge in [-0.1, -0.05) is 29.4 Å². The first-order valence-corrected chi connectivity index (χ1v) is 7.57. The average Bonchev–Trinajstić information content (AvgIpc) is 2.79. The van der Waals surface area contributed by atoms with E-state index in [1.165, 1.54) is 16.3 Å². The van der Waals surface area contributed by atoms with Crippen molar-refractivity contribution in [2.75, 3.05) is 12.4 Å². The lowest BCUT2D eigenvalue weighted by molar-refractivity contribution is 0.322. The molecule has 2 heterocycles. The maximum absolute atomic E-state index is 12.1. The summed E-state index contributed by atoms with van der Waals surface area (Å²) in [6, 6.07) is 0. The molecule has 0 aliphatic carbocycles. The zero-order valence-corrected chi connectivity index (χ0v) is 13.2. The molecular weight excluding hydrogens is 316 g/mol. The van der Waals surface area contributed by atoms with E-state index in [0.717, 1.165) is 0 Å². The number of allylic oxidation sites excluding steroid dienone is 2. The molecule has 0 aliphatic rings. The van der Waals surface area contributed by atoms with E-state index in [1.54, 1.807) is 24.6 Å². The molecule has 0 radical (unpaired) electrons. The standard InChI is InChI=1S/C12H15ClN4O3S/c1-7(13)3-4-17-8-9(14-12(17)21-6-5-18)16(2)11(20)15-10(8)19/h3,18H,4-6H2,1-2H3,(H,15,19,20)/b7-3-. The highest BCUT2D eigenvalue weighted by atomic mass is 35.5. The molecule has 0 saturated heterocycles. The third-order valence-corrected chi connectivity index (χ3v) is 3.96. The summed E-state index contributed by atoms with van der Waals surface area (Å²) in [6.07, 6.45) is 1.75. The zero-order valence-electron chi connectivity index (χ0n) is 11.6. The van der Waals surface area contributed by atoms with Gasteiger partial charge >= 0.3 is 5.69 Å². The zero-order chi connectivity index (χ0) is 15.6. The number of H-pyrrole nitrogens is 1. The minimum atomic E-state index is -0.514. The first kappa shape index (κ1) is 15.9. The van der Waals surface area contributed by atoms with Gasteiger partial charge in [-0.25, -0.2) is 9.78 Å². The topological polar surface area (TPSA) is 92.9 Å². The van der Waals surface area contributed by atoms with Crippen molar-refractivity contribution in [3.63, 3.8) is 0 Å².